The van der Waals surface area contributed by atoms with E-state index in [0.717, 1.165) is 0 Å². The molecule has 0 aliphatic heterocycles. The van der Waals surface area contributed by atoms with Crippen LogP contribution >= 0.6 is 0 Å². The summed E-state index contributed by atoms with van der Waals surface area (Å²) in [7, 11) is -3.55. The van der Waals surface area contributed by atoms with E-state index in [1.165, 1.54) is 45.0 Å². The lowest BCUT2D eigenvalue weighted by atomic mass is 9.97. The van der Waals surface area contributed by atoms with Crippen molar-refractivity contribution in [3.05, 3.63) is 35.4 Å². The van der Waals surface area contributed by atoms with E-state index in [2.05, 4.69) is 4.72 Å². The lowest BCUT2D eigenvalue weighted by Crippen LogP contribution is -2.39. The van der Waals surface area contributed by atoms with Crippen LogP contribution in [0.5, 0.6) is 0 Å². The van der Waals surface area contributed by atoms with E-state index < -0.39 is 33.5 Å². The molecule has 0 heterocycles. The Labute approximate surface area is 117 Å². The average molecular weight is 303 g/mol. The van der Waals surface area contributed by atoms with Gasteiger partial charge in [-0.15, -0.1) is 0 Å². The Morgan fingerprint density at radius 1 is 1.35 bits per heavy atom. The van der Waals surface area contributed by atoms with E-state index in [1.807, 2.05) is 0 Å². The summed E-state index contributed by atoms with van der Waals surface area (Å²) in [5.41, 5.74) is -1.65. The Morgan fingerprint density at radius 3 is 2.25 bits per heavy atom. The van der Waals surface area contributed by atoms with Crippen LogP contribution in [0.25, 0.3) is 0 Å². The number of nitrogens with one attached hydrogen (secondary N) is 1. The summed E-state index contributed by atoms with van der Waals surface area (Å²) >= 11 is 0. The van der Waals surface area contributed by atoms with E-state index in [4.69, 9.17) is 5.11 Å². The van der Waals surface area contributed by atoms with Gasteiger partial charge in [0, 0.05) is 6.54 Å². The number of sulfonamides is 1. The van der Waals surface area contributed by atoms with Crippen molar-refractivity contribution in [2.45, 2.75) is 31.7 Å². The maximum atomic E-state index is 14.5. The first-order chi connectivity index (χ1) is 9.06. The Hall–Kier alpha value is -1.47. The van der Waals surface area contributed by atoms with Gasteiger partial charge in [0.1, 0.15) is 5.67 Å². The highest BCUT2D eigenvalue weighted by Crippen LogP contribution is 2.25. The van der Waals surface area contributed by atoms with Crippen molar-refractivity contribution >= 4 is 16.0 Å². The molecule has 1 rings (SSSR count). The van der Waals surface area contributed by atoms with Gasteiger partial charge in [-0.1, -0.05) is 12.1 Å². The van der Waals surface area contributed by atoms with Crippen LogP contribution in [0.2, 0.25) is 0 Å². The maximum Gasteiger partial charge on any atom is 0.335 e. The number of benzene rings is 1. The molecule has 20 heavy (non-hydrogen) atoms. The molecular formula is C13H18FNO4S. The summed E-state index contributed by atoms with van der Waals surface area (Å²) in [5, 5.41) is 8.12. The van der Waals surface area contributed by atoms with Crippen LogP contribution in [0.15, 0.2) is 24.3 Å². The van der Waals surface area contributed by atoms with E-state index in [0.29, 0.717) is 0 Å². The van der Waals surface area contributed by atoms with Crippen LogP contribution in [0.1, 0.15) is 36.7 Å². The third kappa shape index (κ3) is 4.01. The Balaban J connectivity index is 2.86. The molecule has 5 nitrogen and oxygen atoms in total. The Bertz CT molecular complexity index is 579. The fourth-order valence-corrected chi connectivity index (χ4v) is 2.27. The fraction of sp³-hybridized carbons (Fsp3) is 0.462. The van der Waals surface area contributed by atoms with Crippen molar-refractivity contribution in [3.63, 3.8) is 0 Å². The summed E-state index contributed by atoms with van der Waals surface area (Å²) in [6.45, 7) is 3.84. The molecule has 0 saturated carbocycles. The van der Waals surface area contributed by atoms with Crippen molar-refractivity contribution in [1.29, 1.82) is 0 Å². The van der Waals surface area contributed by atoms with E-state index >= 15 is 0 Å². The highest BCUT2D eigenvalue weighted by atomic mass is 32.2. The molecule has 112 valence electrons. The van der Waals surface area contributed by atoms with Crippen molar-refractivity contribution in [2.75, 3.05) is 6.54 Å². The van der Waals surface area contributed by atoms with Gasteiger partial charge in [-0.3, -0.25) is 0 Å². The predicted octanol–water partition coefficient (Wildman–Crippen LogP) is 1.90. The highest BCUT2D eigenvalue weighted by Gasteiger charge is 2.29. The molecule has 0 radical (unpaired) electrons. The molecule has 0 spiro atoms. The summed E-state index contributed by atoms with van der Waals surface area (Å²) < 4.78 is 39.9. The molecule has 0 aliphatic carbocycles. The summed E-state index contributed by atoms with van der Waals surface area (Å²) in [6.07, 6.45) is 0. The monoisotopic (exact) mass is 303 g/mol. The Kier molecular flexibility index (Phi) is 4.88. The molecule has 2 N–H and O–H groups in total. The van der Waals surface area contributed by atoms with Gasteiger partial charge in [0.25, 0.3) is 0 Å². The zero-order chi connectivity index (χ0) is 15.6. The lowest BCUT2D eigenvalue weighted by molar-refractivity contribution is 0.0696. The number of hydrogen-bond acceptors (Lipinski definition) is 3. The second kappa shape index (κ2) is 5.88. The fourth-order valence-electron chi connectivity index (χ4n) is 1.47. The maximum absolute atomic E-state index is 14.5. The Morgan fingerprint density at radius 2 is 1.85 bits per heavy atom. The number of carboxylic acid groups (broad SMARTS) is 1. The lowest BCUT2D eigenvalue weighted by Gasteiger charge is -2.22. The molecule has 0 bridgehead atoms. The largest absolute Gasteiger partial charge is 0.478 e. The molecule has 7 heteroatoms. The smallest absolute Gasteiger partial charge is 0.335 e. The van der Waals surface area contributed by atoms with E-state index in [9.17, 15) is 17.6 Å². The van der Waals surface area contributed by atoms with Crippen molar-refractivity contribution in [2.24, 2.45) is 0 Å². The van der Waals surface area contributed by atoms with Gasteiger partial charge >= 0.3 is 5.97 Å². The molecule has 0 saturated heterocycles. The highest BCUT2D eigenvalue weighted by molar-refractivity contribution is 7.90. The molecule has 1 unspecified atom stereocenters. The van der Waals surface area contributed by atoms with Crippen molar-refractivity contribution in [3.8, 4) is 0 Å². The second-order valence-corrected chi connectivity index (χ2v) is 7.32. The SMILES string of the molecule is CC(C)S(=O)(=O)NCC(C)(F)c1ccc(C(=O)O)cc1. The van der Waals surface area contributed by atoms with Crippen molar-refractivity contribution < 1.29 is 22.7 Å². The molecule has 1 atom stereocenters. The number of hydrogen-bond donors (Lipinski definition) is 2. The molecule has 0 fully saturated rings. The topological polar surface area (TPSA) is 83.5 Å². The third-order valence-corrected chi connectivity index (χ3v) is 4.75. The van der Waals surface area contributed by atoms with E-state index in [-0.39, 0.29) is 11.1 Å². The molecule has 0 amide bonds. The number of carbonyl (C=O) groups is 1. The minimum absolute atomic E-state index is 0.0484. The third-order valence-electron chi connectivity index (χ3n) is 2.96. The average Bonchev–Trinajstić information content (AvgIpc) is 2.36. The zero-order valence-corrected chi connectivity index (χ0v) is 12.4. The van der Waals surface area contributed by atoms with Gasteiger partial charge in [-0.2, -0.15) is 0 Å². The number of aromatic carboxylic acids is 1. The van der Waals surface area contributed by atoms with Crippen LogP contribution in [-0.4, -0.2) is 31.3 Å². The summed E-state index contributed by atoms with van der Waals surface area (Å²) in [6, 6.07) is 5.25. The predicted molar refractivity (Wildman–Crippen MR) is 73.9 cm³/mol. The van der Waals surface area contributed by atoms with Crippen LogP contribution in [0.3, 0.4) is 0 Å². The molecule has 1 aromatic carbocycles. The molecule has 0 aliphatic rings. The van der Waals surface area contributed by atoms with Crippen molar-refractivity contribution in [1.82, 2.24) is 4.72 Å². The van der Waals surface area contributed by atoms with Crippen LogP contribution < -0.4 is 4.72 Å². The minimum atomic E-state index is -3.55. The minimum Gasteiger partial charge on any atom is -0.478 e. The van der Waals surface area contributed by atoms with Gasteiger partial charge < -0.3 is 5.11 Å². The number of alkyl halides is 1. The summed E-state index contributed by atoms with van der Waals surface area (Å²) in [5.74, 6) is -1.10. The first-order valence-electron chi connectivity index (χ1n) is 6.07. The number of carboxylic acids is 1. The second-order valence-electron chi connectivity index (χ2n) is 4.99. The number of halogens is 1. The quantitative estimate of drug-likeness (QED) is 0.840. The molecular weight excluding hydrogens is 285 g/mol. The first kappa shape index (κ1) is 16.6. The molecule has 0 aromatic heterocycles. The molecule has 1 aromatic rings. The van der Waals surface area contributed by atoms with Gasteiger partial charge in [0.2, 0.25) is 10.0 Å². The number of rotatable bonds is 6. The van der Waals surface area contributed by atoms with Gasteiger partial charge in [0.05, 0.1) is 10.8 Å². The van der Waals surface area contributed by atoms with Crippen LogP contribution in [0, 0.1) is 0 Å². The van der Waals surface area contributed by atoms with E-state index in [1.54, 1.807) is 0 Å². The first-order valence-corrected chi connectivity index (χ1v) is 7.62. The normalized spacial score (nSPS) is 15.1. The van der Waals surface area contributed by atoms with Gasteiger partial charge in [0.15, 0.2) is 0 Å². The summed E-state index contributed by atoms with van der Waals surface area (Å²) in [4.78, 5) is 10.7. The van der Waals surface area contributed by atoms with Gasteiger partial charge in [-0.25, -0.2) is 22.3 Å². The van der Waals surface area contributed by atoms with Crippen LogP contribution in [-0.2, 0) is 15.7 Å². The standard InChI is InChI=1S/C13H18FNO4S/c1-9(2)20(18,19)15-8-13(3,14)11-6-4-10(5-7-11)12(16)17/h4-7,9,15H,8H2,1-3H3,(H,16,17). The van der Waals surface area contributed by atoms with Gasteiger partial charge in [-0.05, 0) is 38.5 Å². The van der Waals surface area contributed by atoms with Crippen LogP contribution in [0.4, 0.5) is 4.39 Å². The zero-order valence-electron chi connectivity index (χ0n) is 11.6.